The quantitative estimate of drug-likeness (QED) is 0.815. The first-order valence-electron chi connectivity index (χ1n) is 5.47. The first-order chi connectivity index (χ1) is 6.72. The zero-order valence-corrected chi connectivity index (χ0v) is 9.73. The van der Waals surface area contributed by atoms with Gasteiger partial charge < -0.3 is 5.73 Å². The highest BCUT2D eigenvalue weighted by molar-refractivity contribution is 7.12. The van der Waals surface area contributed by atoms with E-state index in [1.807, 2.05) is 11.3 Å². The number of rotatable bonds is 2. The summed E-state index contributed by atoms with van der Waals surface area (Å²) < 4.78 is 0. The number of fused-ring (bicyclic) bond motifs is 1. The number of nitrogens with two attached hydrogens (primary N) is 1. The van der Waals surface area contributed by atoms with E-state index in [-0.39, 0.29) is 6.04 Å². The molecular formula is C11H18N2S. The highest BCUT2D eigenvalue weighted by atomic mass is 32.1. The topological polar surface area (TPSA) is 38.9 Å². The average Bonchev–Trinajstić information content (AvgIpc) is 2.62. The van der Waals surface area contributed by atoms with Crippen molar-refractivity contribution >= 4 is 11.3 Å². The van der Waals surface area contributed by atoms with Crippen LogP contribution in [-0.2, 0) is 6.42 Å². The monoisotopic (exact) mass is 210 g/mol. The third-order valence-electron chi connectivity index (χ3n) is 3.04. The van der Waals surface area contributed by atoms with Crippen LogP contribution in [0.15, 0.2) is 0 Å². The van der Waals surface area contributed by atoms with Crippen LogP contribution in [0.3, 0.4) is 0 Å². The van der Waals surface area contributed by atoms with E-state index in [4.69, 9.17) is 10.7 Å². The van der Waals surface area contributed by atoms with Crippen molar-refractivity contribution in [1.82, 2.24) is 4.98 Å². The minimum Gasteiger partial charge on any atom is -0.323 e. The lowest BCUT2D eigenvalue weighted by atomic mass is 9.99. The van der Waals surface area contributed by atoms with Crippen molar-refractivity contribution in [2.75, 3.05) is 0 Å². The van der Waals surface area contributed by atoms with Crippen molar-refractivity contribution in [2.24, 2.45) is 5.73 Å². The van der Waals surface area contributed by atoms with E-state index in [1.165, 1.54) is 28.4 Å². The summed E-state index contributed by atoms with van der Waals surface area (Å²) in [6.45, 7) is 4.46. The Bertz CT molecular complexity index is 319. The summed E-state index contributed by atoms with van der Waals surface area (Å²) >= 11 is 1.84. The SMILES string of the molecule is CCC(C)c1nc2c(s1)C(N)CCC2. The molecule has 2 rings (SSSR count). The first kappa shape index (κ1) is 10.1. The smallest absolute Gasteiger partial charge is 0.0959 e. The molecule has 78 valence electrons. The van der Waals surface area contributed by atoms with Crippen LogP contribution in [0.4, 0.5) is 0 Å². The predicted molar refractivity (Wildman–Crippen MR) is 60.7 cm³/mol. The average molecular weight is 210 g/mol. The van der Waals surface area contributed by atoms with Crippen molar-refractivity contribution in [1.29, 1.82) is 0 Å². The maximum absolute atomic E-state index is 6.07. The molecule has 0 bridgehead atoms. The summed E-state index contributed by atoms with van der Waals surface area (Å²) in [4.78, 5) is 6.06. The normalized spacial score (nSPS) is 23.2. The first-order valence-corrected chi connectivity index (χ1v) is 6.29. The zero-order chi connectivity index (χ0) is 10.1. The highest BCUT2D eigenvalue weighted by Gasteiger charge is 2.22. The van der Waals surface area contributed by atoms with Crippen molar-refractivity contribution in [3.05, 3.63) is 15.6 Å². The van der Waals surface area contributed by atoms with Gasteiger partial charge in [0.2, 0.25) is 0 Å². The Labute approximate surface area is 89.5 Å². The molecule has 2 N–H and O–H groups in total. The van der Waals surface area contributed by atoms with Gasteiger partial charge in [0.15, 0.2) is 0 Å². The molecule has 0 radical (unpaired) electrons. The van der Waals surface area contributed by atoms with Crippen molar-refractivity contribution in [2.45, 2.75) is 51.5 Å². The van der Waals surface area contributed by atoms with Gasteiger partial charge in [-0.3, -0.25) is 0 Å². The van der Waals surface area contributed by atoms with E-state index in [0.29, 0.717) is 5.92 Å². The molecule has 0 saturated heterocycles. The highest BCUT2D eigenvalue weighted by Crippen LogP contribution is 2.35. The minimum atomic E-state index is 0.258. The molecule has 2 nitrogen and oxygen atoms in total. The third-order valence-corrected chi connectivity index (χ3v) is 4.50. The molecule has 1 heterocycles. The van der Waals surface area contributed by atoms with Crippen LogP contribution in [0, 0.1) is 0 Å². The molecule has 1 aromatic heterocycles. The van der Waals surface area contributed by atoms with Gasteiger partial charge in [-0.2, -0.15) is 0 Å². The van der Waals surface area contributed by atoms with Crippen LogP contribution in [0.5, 0.6) is 0 Å². The molecule has 1 aromatic rings. The molecule has 1 aliphatic rings. The van der Waals surface area contributed by atoms with Crippen LogP contribution < -0.4 is 5.73 Å². The van der Waals surface area contributed by atoms with Crippen LogP contribution in [0.25, 0.3) is 0 Å². The molecule has 0 saturated carbocycles. The Morgan fingerprint density at radius 3 is 3.07 bits per heavy atom. The van der Waals surface area contributed by atoms with E-state index < -0.39 is 0 Å². The summed E-state index contributed by atoms with van der Waals surface area (Å²) in [6.07, 6.45) is 4.64. The van der Waals surface area contributed by atoms with Crippen LogP contribution >= 0.6 is 11.3 Å². The molecule has 1 aliphatic carbocycles. The fraction of sp³-hybridized carbons (Fsp3) is 0.727. The molecule has 0 aliphatic heterocycles. The van der Waals surface area contributed by atoms with Gasteiger partial charge >= 0.3 is 0 Å². The lowest BCUT2D eigenvalue weighted by molar-refractivity contribution is 0.572. The minimum absolute atomic E-state index is 0.258. The van der Waals surface area contributed by atoms with Gasteiger partial charge in [0.05, 0.1) is 10.7 Å². The van der Waals surface area contributed by atoms with E-state index in [0.717, 1.165) is 12.8 Å². The molecule has 0 aromatic carbocycles. The van der Waals surface area contributed by atoms with Gasteiger partial charge in [-0.05, 0) is 25.7 Å². The predicted octanol–water partition coefficient (Wildman–Crippen LogP) is 2.99. The Hall–Kier alpha value is -0.410. The van der Waals surface area contributed by atoms with E-state index in [2.05, 4.69) is 13.8 Å². The van der Waals surface area contributed by atoms with Crippen LogP contribution in [-0.4, -0.2) is 4.98 Å². The summed E-state index contributed by atoms with van der Waals surface area (Å²) in [6, 6.07) is 0.258. The Morgan fingerprint density at radius 1 is 1.64 bits per heavy atom. The number of nitrogens with zero attached hydrogens (tertiary/aromatic N) is 1. The number of aromatic nitrogens is 1. The molecule has 0 spiro atoms. The third kappa shape index (κ3) is 1.71. The standard InChI is InChI=1S/C11H18N2S/c1-3-7(2)11-13-9-6-4-5-8(12)10(9)14-11/h7-8H,3-6,12H2,1-2H3. The Balaban J connectivity index is 2.30. The zero-order valence-electron chi connectivity index (χ0n) is 8.92. The number of hydrogen-bond acceptors (Lipinski definition) is 3. The number of hydrogen-bond donors (Lipinski definition) is 1. The van der Waals surface area contributed by atoms with Gasteiger partial charge in [0, 0.05) is 16.8 Å². The van der Waals surface area contributed by atoms with Gasteiger partial charge in [0.25, 0.3) is 0 Å². The maximum Gasteiger partial charge on any atom is 0.0959 e. The molecule has 2 atom stereocenters. The van der Waals surface area contributed by atoms with Gasteiger partial charge in [0.1, 0.15) is 0 Å². The lowest BCUT2D eigenvalue weighted by Gasteiger charge is -2.15. The number of aryl methyl sites for hydroxylation is 1. The molecule has 0 fully saturated rings. The summed E-state index contributed by atoms with van der Waals surface area (Å²) in [5.41, 5.74) is 7.35. The largest absolute Gasteiger partial charge is 0.323 e. The van der Waals surface area contributed by atoms with Crippen molar-refractivity contribution in [3.8, 4) is 0 Å². The Morgan fingerprint density at radius 2 is 2.43 bits per heavy atom. The van der Waals surface area contributed by atoms with Crippen molar-refractivity contribution < 1.29 is 0 Å². The lowest BCUT2D eigenvalue weighted by Crippen LogP contribution is -2.15. The summed E-state index contributed by atoms with van der Waals surface area (Å²) in [5, 5.41) is 1.29. The van der Waals surface area contributed by atoms with E-state index >= 15 is 0 Å². The fourth-order valence-electron chi connectivity index (χ4n) is 1.86. The second-order valence-corrected chi connectivity index (χ2v) is 5.23. The van der Waals surface area contributed by atoms with E-state index in [1.54, 1.807) is 0 Å². The molecule has 14 heavy (non-hydrogen) atoms. The number of thiazole rings is 1. The summed E-state index contributed by atoms with van der Waals surface area (Å²) in [7, 11) is 0. The fourth-order valence-corrected chi connectivity index (χ4v) is 3.14. The summed E-state index contributed by atoms with van der Waals surface area (Å²) in [5.74, 6) is 0.595. The molecule has 0 amide bonds. The van der Waals surface area contributed by atoms with Gasteiger partial charge in [-0.25, -0.2) is 4.98 Å². The second kappa shape index (κ2) is 3.99. The van der Waals surface area contributed by atoms with Gasteiger partial charge in [-0.15, -0.1) is 11.3 Å². The van der Waals surface area contributed by atoms with Crippen LogP contribution in [0.1, 0.15) is 60.6 Å². The van der Waals surface area contributed by atoms with Gasteiger partial charge in [-0.1, -0.05) is 13.8 Å². The molecule has 2 unspecified atom stereocenters. The van der Waals surface area contributed by atoms with E-state index in [9.17, 15) is 0 Å². The molecule has 3 heteroatoms. The van der Waals surface area contributed by atoms with Crippen molar-refractivity contribution in [3.63, 3.8) is 0 Å². The second-order valence-electron chi connectivity index (χ2n) is 4.17. The Kier molecular flexibility index (Phi) is 2.88. The maximum atomic E-state index is 6.07. The van der Waals surface area contributed by atoms with Crippen LogP contribution in [0.2, 0.25) is 0 Å². The molecular weight excluding hydrogens is 192 g/mol.